The first kappa shape index (κ1) is 24.5. The van der Waals surface area contributed by atoms with Gasteiger partial charge in [-0.05, 0) is 48.5 Å². The Balaban J connectivity index is 1.51. The summed E-state index contributed by atoms with van der Waals surface area (Å²) >= 11 is 5.22. The van der Waals surface area contributed by atoms with Gasteiger partial charge in [-0.3, -0.25) is 15.0 Å². The van der Waals surface area contributed by atoms with Crippen molar-refractivity contribution in [3.05, 3.63) is 72.6 Å². The average Bonchev–Trinajstić information content (AvgIpc) is 2.81. The highest BCUT2D eigenvalue weighted by Gasteiger charge is 2.10. The van der Waals surface area contributed by atoms with E-state index in [1.165, 1.54) is 6.33 Å². The smallest absolute Gasteiger partial charge is 0.270 e. The zero-order valence-corrected chi connectivity index (χ0v) is 19.4. The topological polar surface area (TPSA) is 132 Å². The fourth-order valence-electron chi connectivity index (χ4n) is 2.95. The van der Waals surface area contributed by atoms with Crippen LogP contribution in [0.1, 0.15) is 25.3 Å². The maximum absolute atomic E-state index is 12.1. The predicted molar refractivity (Wildman–Crippen MR) is 138 cm³/mol. The highest BCUT2D eigenvalue weighted by molar-refractivity contribution is 7.80. The molecule has 0 saturated carbocycles. The molecule has 5 N–H and O–H groups in total. The largest absolute Gasteiger partial charge is 0.340 e. The van der Waals surface area contributed by atoms with Gasteiger partial charge in [-0.2, -0.15) is 0 Å². The molecule has 3 aromatic rings. The van der Waals surface area contributed by atoms with Crippen molar-refractivity contribution in [2.45, 2.75) is 26.2 Å². The summed E-state index contributed by atoms with van der Waals surface area (Å²) in [5, 5.41) is 19.3. The van der Waals surface area contributed by atoms with Crippen molar-refractivity contribution >= 4 is 57.9 Å². The Bertz CT molecular complexity index is 1170. The van der Waals surface area contributed by atoms with Crippen molar-refractivity contribution in [1.82, 2.24) is 15.3 Å². The van der Waals surface area contributed by atoms with Gasteiger partial charge in [-0.15, -0.1) is 0 Å². The van der Waals surface area contributed by atoms with Gasteiger partial charge < -0.3 is 21.3 Å². The molecule has 9 nitrogen and oxygen atoms in total. The van der Waals surface area contributed by atoms with Gasteiger partial charge in [0.25, 0.3) is 5.91 Å². The van der Waals surface area contributed by atoms with Gasteiger partial charge >= 0.3 is 0 Å². The van der Waals surface area contributed by atoms with E-state index < -0.39 is 5.91 Å². The molecule has 2 amide bonds. The first-order valence-electron chi connectivity index (χ1n) is 10.7. The van der Waals surface area contributed by atoms with Crippen molar-refractivity contribution in [3.63, 3.8) is 0 Å². The normalized spacial score (nSPS) is 10.1. The lowest BCUT2D eigenvalue weighted by molar-refractivity contribution is -0.119. The van der Waals surface area contributed by atoms with Crippen LogP contribution in [0.3, 0.4) is 0 Å². The van der Waals surface area contributed by atoms with Crippen molar-refractivity contribution in [1.29, 1.82) is 5.41 Å². The molecule has 0 aliphatic carbocycles. The molecular weight excluding hydrogens is 450 g/mol. The number of rotatable bonds is 9. The lowest BCUT2D eigenvalue weighted by atomic mass is 10.1. The summed E-state index contributed by atoms with van der Waals surface area (Å²) in [7, 11) is 0. The summed E-state index contributed by atoms with van der Waals surface area (Å²) in [6, 6.07) is 18.2. The van der Waals surface area contributed by atoms with Crippen LogP contribution in [0.5, 0.6) is 0 Å². The number of amides is 2. The van der Waals surface area contributed by atoms with Crippen molar-refractivity contribution in [2.75, 3.05) is 16.0 Å². The molecule has 3 rings (SSSR count). The minimum atomic E-state index is -0.478. The first-order chi connectivity index (χ1) is 16.4. The number of hydrogen-bond donors (Lipinski definition) is 5. The van der Waals surface area contributed by atoms with Crippen LogP contribution in [-0.4, -0.2) is 32.6 Å². The molecule has 34 heavy (non-hydrogen) atoms. The maximum atomic E-state index is 12.1. The summed E-state index contributed by atoms with van der Waals surface area (Å²) in [6.45, 7) is 1.91. The maximum Gasteiger partial charge on any atom is 0.270 e. The Kier molecular flexibility index (Phi) is 8.75. The van der Waals surface area contributed by atoms with Gasteiger partial charge in [-0.25, -0.2) is 9.97 Å². The lowest BCUT2D eigenvalue weighted by Crippen LogP contribution is -2.35. The van der Waals surface area contributed by atoms with Gasteiger partial charge in [0.2, 0.25) is 5.91 Å². The van der Waals surface area contributed by atoms with Gasteiger partial charge in [-0.1, -0.05) is 43.7 Å². The van der Waals surface area contributed by atoms with Gasteiger partial charge in [0.15, 0.2) is 5.11 Å². The monoisotopic (exact) mass is 475 g/mol. The Morgan fingerprint density at radius 1 is 0.941 bits per heavy atom. The van der Waals surface area contributed by atoms with Gasteiger partial charge in [0.05, 0.1) is 12.1 Å². The van der Waals surface area contributed by atoms with Crippen LogP contribution in [-0.2, 0) is 16.0 Å². The molecule has 1 heterocycles. The minimum absolute atomic E-state index is 0.00730. The summed E-state index contributed by atoms with van der Waals surface area (Å²) in [5.74, 6) is 0.113. The number of thiocarbonyl (C=S) groups is 1. The van der Waals surface area contributed by atoms with Gasteiger partial charge in [0.1, 0.15) is 18.0 Å². The van der Waals surface area contributed by atoms with E-state index in [1.807, 2.05) is 49.4 Å². The van der Waals surface area contributed by atoms with Crippen LogP contribution in [0.25, 0.3) is 0 Å². The van der Waals surface area contributed by atoms with Gasteiger partial charge in [0, 0.05) is 17.4 Å². The molecular formula is C24H25N7O2S. The molecule has 10 heteroatoms. The predicted octanol–water partition coefficient (Wildman–Crippen LogP) is 4.03. The van der Waals surface area contributed by atoms with Crippen LogP contribution in [0.15, 0.2) is 67.0 Å². The zero-order chi connectivity index (χ0) is 24.3. The van der Waals surface area contributed by atoms with E-state index in [-0.39, 0.29) is 23.2 Å². The third-order valence-electron chi connectivity index (χ3n) is 4.56. The third-order valence-corrected chi connectivity index (χ3v) is 4.76. The number of aromatic nitrogens is 2. The first-order valence-corrected chi connectivity index (χ1v) is 11.1. The lowest BCUT2D eigenvalue weighted by Gasteiger charge is -2.11. The highest BCUT2D eigenvalue weighted by Crippen LogP contribution is 2.19. The molecule has 0 saturated heterocycles. The molecule has 0 aliphatic heterocycles. The van der Waals surface area contributed by atoms with E-state index in [0.717, 1.165) is 17.7 Å². The molecule has 0 fully saturated rings. The number of nitrogens with one attached hydrogen (secondary N) is 5. The summed E-state index contributed by atoms with van der Waals surface area (Å²) in [6.07, 6.45) is 2.70. The number of nitrogens with zero attached hydrogens (tertiary/aromatic N) is 2. The van der Waals surface area contributed by atoms with Crippen molar-refractivity contribution in [2.24, 2.45) is 0 Å². The van der Waals surface area contributed by atoms with E-state index in [9.17, 15) is 9.59 Å². The highest BCUT2D eigenvalue weighted by atomic mass is 32.1. The molecule has 0 spiro atoms. The number of benzene rings is 2. The molecule has 2 aromatic carbocycles. The Labute approximate surface area is 202 Å². The van der Waals surface area contributed by atoms with Crippen LogP contribution in [0.4, 0.5) is 23.0 Å². The van der Waals surface area contributed by atoms with E-state index in [0.29, 0.717) is 23.7 Å². The van der Waals surface area contributed by atoms with E-state index in [4.69, 9.17) is 17.6 Å². The SMILES string of the molecule is CCCC(=N)C(=O)Nc1cc(Nc2ccc(NC(=S)NC(=O)Cc3ccccc3)cc2)ncn1. The van der Waals surface area contributed by atoms with Crippen molar-refractivity contribution in [3.8, 4) is 0 Å². The zero-order valence-electron chi connectivity index (χ0n) is 18.6. The summed E-state index contributed by atoms with van der Waals surface area (Å²) in [5.41, 5.74) is 2.37. The van der Waals surface area contributed by atoms with E-state index in [1.54, 1.807) is 18.2 Å². The Morgan fingerprint density at radius 3 is 2.32 bits per heavy atom. The molecule has 0 aliphatic rings. The number of carbonyl (C=O) groups excluding carboxylic acids is 2. The standard InChI is InChI=1S/C24H25N7O2S/c1-2-6-19(25)23(33)30-21-14-20(26-15-27-21)28-17-9-11-18(12-10-17)29-24(34)31-22(32)13-16-7-4-3-5-8-16/h3-5,7-12,14-15,25H,2,6,13H2,1H3,(H2,29,31,32,34)(H2,26,27,28,30,33). The summed E-state index contributed by atoms with van der Waals surface area (Å²) < 4.78 is 0. The van der Waals surface area contributed by atoms with E-state index >= 15 is 0 Å². The van der Waals surface area contributed by atoms with Crippen LogP contribution in [0, 0.1) is 5.41 Å². The fourth-order valence-corrected chi connectivity index (χ4v) is 3.18. The van der Waals surface area contributed by atoms with Crippen molar-refractivity contribution < 1.29 is 9.59 Å². The second kappa shape index (κ2) is 12.2. The molecule has 0 unspecified atom stereocenters. The van der Waals surface area contributed by atoms with E-state index in [2.05, 4.69) is 31.2 Å². The second-order valence-electron chi connectivity index (χ2n) is 7.34. The number of carbonyl (C=O) groups is 2. The fraction of sp³-hybridized carbons (Fsp3) is 0.167. The van der Waals surface area contributed by atoms with Crippen LogP contribution < -0.4 is 21.3 Å². The summed E-state index contributed by atoms with van der Waals surface area (Å²) in [4.78, 5) is 32.3. The molecule has 174 valence electrons. The Hall–Kier alpha value is -4.18. The molecule has 1 aromatic heterocycles. The molecule has 0 bridgehead atoms. The quantitative estimate of drug-likeness (QED) is 0.233. The number of anilines is 4. The molecule has 0 radical (unpaired) electrons. The second-order valence-corrected chi connectivity index (χ2v) is 7.75. The van der Waals surface area contributed by atoms with Crippen LogP contribution >= 0.6 is 12.2 Å². The average molecular weight is 476 g/mol. The Morgan fingerprint density at radius 2 is 1.62 bits per heavy atom. The van der Waals surface area contributed by atoms with Crippen LogP contribution in [0.2, 0.25) is 0 Å². The molecule has 0 atom stereocenters. The number of hydrogen-bond acceptors (Lipinski definition) is 7. The third kappa shape index (κ3) is 7.75. The minimum Gasteiger partial charge on any atom is -0.340 e.